The van der Waals surface area contributed by atoms with Crippen molar-refractivity contribution in [1.82, 2.24) is 10.9 Å². The van der Waals surface area contributed by atoms with E-state index in [-0.39, 0.29) is 0 Å². The van der Waals surface area contributed by atoms with Crippen LogP contribution in [0.15, 0.2) is 43.0 Å². The molecule has 0 unspecified atom stereocenters. The maximum Gasteiger partial charge on any atom is 0.189 e. The van der Waals surface area contributed by atoms with Gasteiger partial charge in [0, 0.05) is 17.3 Å². The monoisotopic (exact) mass is 387 g/mol. The largest absolute Gasteiger partial charge is 0.493 e. The number of methoxy groups -OCH3 is 2. The van der Waals surface area contributed by atoms with Gasteiger partial charge in [-0.3, -0.25) is 10.9 Å². The quantitative estimate of drug-likeness (QED) is 0.516. The molecule has 0 atom stereocenters. The van der Waals surface area contributed by atoms with Gasteiger partial charge >= 0.3 is 0 Å². The van der Waals surface area contributed by atoms with Crippen LogP contribution in [0.4, 0.5) is 5.69 Å². The summed E-state index contributed by atoms with van der Waals surface area (Å²) >= 11 is 5.30. The second kappa shape index (κ2) is 8.50. The van der Waals surface area contributed by atoms with Gasteiger partial charge in [0.1, 0.15) is 13.2 Å². The molecule has 0 spiro atoms. The number of fused-ring (bicyclic) bond motifs is 1. The normalized spacial score (nSPS) is 11.9. The van der Waals surface area contributed by atoms with Gasteiger partial charge in [0.2, 0.25) is 0 Å². The molecule has 8 heteroatoms. The molecular weight excluding hydrogens is 366 g/mol. The Balaban J connectivity index is 1.56. The lowest BCUT2D eigenvalue weighted by Gasteiger charge is -2.20. The van der Waals surface area contributed by atoms with Gasteiger partial charge < -0.3 is 24.3 Å². The van der Waals surface area contributed by atoms with Gasteiger partial charge in [-0.05, 0) is 42.5 Å². The van der Waals surface area contributed by atoms with Crippen molar-refractivity contribution in [1.29, 1.82) is 0 Å². The van der Waals surface area contributed by atoms with Crippen LogP contribution in [0, 0.1) is 0 Å². The van der Waals surface area contributed by atoms with Gasteiger partial charge in [-0.1, -0.05) is 6.58 Å². The Kier molecular flexibility index (Phi) is 5.87. The molecule has 0 aliphatic carbocycles. The standard InChI is InChI=1S/C19H21N3O4S/c1-12(13-4-6-16-18(10-13)26-9-8-25-16)21-22-19(27)20-14-5-7-15(23-2)17(11-14)24-3/h4-7,10-11,21H,1,8-9H2,2-3H3,(H2,20,22,27). The Hall–Kier alpha value is -3.13. The van der Waals surface area contributed by atoms with Crippen molar-refractivity contribution in [3.8, 4) is 23.0 Å². The fourth-order valence-electron chi connectivity index (χ4n) is 2.51. The van der Waals surface area contributed by atoms with Crippen molar-refractivity contribution < 1.29 is 18.9 Å². The number of anilines is 1. The van der Waals surface area contributed by atoms with E-state index in [0.29, 0.717) is 41.3 Å². The number of rotatable bonds is 6. The zero-order valence-electron chi connectivity index (χ0n) is 15.1. The van der Waals surface area contributed by atoms with Crippen LogP contribution in [0.1, 0.15) is 5.56 Å². The molecule has 2 aromatic carbocycles. The van der Waals surface area contributed by atoms with E-state index >= 15 is 0 Å². The van der Waals surface area contributed by atoms with Crippen LogP contribution in [0.25, 0.3) is 5.70 Å². The summed E-state index contributed by atoms with van der Waals surface area (Å²) < 4.78 is 21.6. The first-order valence-electron chi connectivity index (χ1n) is 8.24. The number of thiocarbonyl (C=S) groups is 1. The zero-order valence-corrected chi connectivity index (χ0v) is 15.9. The summed E-state index contributed by atoms with van der Waals surface area (Å²) in [7, 11) is 3.17. The lowest BCUT2D eigenvalue weighted by atomic mass is 10.1. The van der Waals surface area contributed by atoms with Crippen molar-refractivity contribution in [3.05, 3.63) is 48.5 Å². The molecule has 3 rings (SSSR count). The highest BCUT2D eigenvalue weighted by atomic mass is 32.1. The van der Waals surface area contributed by atoms with E-state index in [1.54, 1.807) is 26.4 Å². The fraction of sp³-hybridized carbons (Fsp3) is 0.211. The molecule has 0 bridgehead atoms. The Morgan fingerprint density at radius 3 is 2.44 bits per heavy atom. The van der Waals surface area contributed by atoms with Gasteiger partial charge in [-0.2, -0.15) is 0 Å². The van der Waals surface area contributed by atoms with Crippen LogP contribution in [0.5, 0.6) is 23.0 Å². The molecule has 0 aromatic heterocycles. The molecule has 0 saturated carbocycles. The van der Waals surface area contributed by atoms with Crippen molar-refractivity contribution in [2.75, 3.05) is 32.8 Å². The Labute approximate surface area is 163 Å². The molecule has 142 valence electrons. The summed E-state index contributed by atoms with van der Waals surface area (Å²) in [5.74, 6) is 2.69. The number of hydrogen-bond donors (Lipinski definition) is 3. The van der Waals surface area contributed by atoms with Gasteiger partial charge in [0.25, 0.3) is 0 Å². The molecule has 0 radical (unpaired) electrons. The minimum atomic E-state index is 0.376. The lowest BCUT2D eigenvalue weighted by Crippen LogP contribution is -2.38. The smallest absolute Gasteiger partial charge is 0.189 e. The van der Waals surface area contributed by atoms with Crippen LogP contribution in [-0.2, 0) is 0 Å². The third-order valence-corrected chi connectivity index (χ3v) is 4.06. The Morgan fingerprint density at radius 2 is 1.70 bits per heavy atom. The fourth-order valence-corrected chi connectivity index (χ4v) is 2.68. The van der Waals surface area contributed by atoms with Crippen LogP contribution >= 0.6 is 12.2 Å². The first-order chi connectivity index (χ1) is 13.1. The number of ether oxygens (including phenoxy) is 4. The molecule has 27 heavy (non-hydrogen) atoms. The van der Waals surface area contributed by atoms with Crippen molar-refractivity contribution >= 4 is 28.7 Å². The van der Waals surface area contributed by atoms with E-state index in [9.17, 15) is 0 Å². The maximum atomic E-state index is 5.59. The zero-order chi connectivity index (χ0) is 19.2. The Morgan fingerprint density at radius 1 is 0.963 bits per heavy atom. The van der Waals surface area contributed by atoms with Crippen LogP contribution in [0.2, 0.25) is 0 Å². The van der Waals surface area contributed by atoms with E-state index < -0.39 is 0 Å². The lowest BCUT2D eigenvalue weighted by molar-refractivity contribution is 0.171. The highest BCUT2D eigenvalue weighted by Crippen LogP contribution is 2.32. The van der Waals surface area contributed by atoms with Crippen molar-refractivity contribution in [2.24, 2.45) is 0 Å². The average molecular weight is 387 g/mol. The number of nitrogens with one attached hydrogen (secondary N) is 3. The maximum absolute atomic E-state index is 5.59. The van der Waals surface area contributed by atoms with Crippen LogP contribution < -0.4 is 35.1 Å². The second-order valence-corrected chi connectivity index (χ2v) is 6.02. The van der Waals surface area contributed by atoms with E-state index in [1.807, 2.05) is 24.3 Å². The summed E-state index contributed by atoms with van der Waals surface area (Å²) in [5.41, 5.74) is 8.14. The number of hydrogen-bond acceptors (Lipinski definition) is 6. The molecule has 7 nitrogen and oxygen atoms in total. The molecule has 0 amide bonds. The van der Waals surface area contributed by atoms with Crippen molar-refractivity contribution in [3.63, 3.8) is 0 Å². The SMILES string of the molecule is C=C(NNC(=S)Nc1ccc(OC)c(OC)c1)c1ccc2c(c1)OCCO2. The summed E-state index contributed by atoms with van der Waals surface area (Å²) in [6.07, 6.45) is 0. The summed E-state index contributed by atoms with van der Waals surface area (Å²) in [5, 5.41) is 3.44. The minimum Gasteiger partial charge on any atom is -0.493 e. The number of benzene rings is 2. The molecule has 2 aromatic rings. The first-order valence-corrected chi connectivity index (χ1v) is 8.65. The number of hydrazine groups is 1. The summed E-state index contributed by atoms with van der Waals surface area (Å²) in [6, 6.07) is 11.1. The molecule has 1 heterocycles. The molecule has 3 N–H and O–H groups in total. The molecular formula is C19H21N3O4S. The summed E-state index contributed by atoms with van der Waals surface area (Å²) in [4.78, 5) is 0. The molecule has 1 aliphatic rings. The van der Waals surface area contributed by atoms with E-state index in [1.165, 1.54) is 0 Å². The van der Waals surface area contributed by atoms with Crippen LogP contribution in [0.3, 0.4) is 0 Å². The highest BCUT2D eigenvalue weighted by molar-refractivity contribution is 7.80. The van der Waals surface area contributed by atoms with Gasteiger partial charge in [-0.15, -0.1) is 0 Å². The van der Waals surface area contributed by atoms with E-state index in [4.69, 9.17) is 31.2 Å². The topological polar surface area (TPSA) is 73.0 Å². The Bertz CT molecular complexity index is 857. The molecule has 0 saturated heterocycles. The average Bonchev–Trinajstić information content (AvgIpc) is 2.71. The minimum absolute atomic E-state index is 0.376. The van der Waals surface area contributed by atoms with Gasteiger partial charge in [0.15, 0.2) is 28.1 Å². The predicted octanol–water partition coefficient (Wildman–Crippen LogP) is 2.94. The van der Waals surface area contributed by atoms with E-state index in [0.717, 1.165) is 17.0 Å². The molecule has 0 fully saturated rings. The predicted molar refractivity (Wildman–Crippen MR) is 109 cm³/mol. The molecule has 1 aliphatic heterocycles. The van der Waals surface area contributed by atoms with Crippen LogP contribution in [-0.4, -0.2) is 32.5 Å². The third kappa shape index (κ3) is 4.53. The van der Waals surface area contributed by atoms with Crippen molar-refractivity contribution in [2.45, 2.75) is 0 Å². The highest BCUT2D eigenvalue weighted by Gasteiger charge is 2.13. The van der Waals surface area contributed by atoms with E-state index in [2.05, 4.69) is 22.7 Å². The third-order valence-electron chi connectivity index (χ3n) is 3.86. The summed E-state index contributed by atoms with van der Waals surface area (Å²) in [6.45, 7) is 5.10. The van der Waals surface area contributed by atoms with Gasteiger partial charge in [0.05, 0.1) is 19.9 Å². The first kappa shape index (κ1) is 18.7. The second-order valence-electron chi connectivity index (χ2n) is 5.61. The van der Waals surface area contributed by atoms with Gasteiger partial charge in [-0.25, -0.2) is 0 Å².